The smallest absolute Gasteiger partial charge is 0.249 e. The van der Waals surface area contributed by atoms with E-state index in [1.54, 1.807) is 11.9 Å². The average Bonchev–Trinajstić information content (AvgIpc) is 2.10. The normalized spacial score (nSPS) is 12.1. The maximum atomic E-state index is 11.5. The second-order valence-corrected chi connectivity index (χ2v) is 4.84. The maximum absolute atomic E-state index is 11.5. The predicted octanol–water partition coefficient (Wildman–Crippen LogP) is -0.0250. The Hall–Kier alpha value is -1.16. The van der Waals surface area contributed by atoms with Crippen molar-refractivity contribution in [3.05, 3.63) is 26.0 Å². The van der Waals surface area contributed by atoms with E-state index in [1.807, 2.05) is 20.8 Å². The maximum Gasteiger partial charge on any atom is 0.249 e. The lowest BCUT2D eigenvalue weighted by Crippen LogP contribution is -2.47. The average molecular weight is 210 g/mol. The van der Waals surface area contributed by atoms with E-state index in [9.17, 15) is 9.59 Å². The van der Waals surface area contributed by atoms with Gasteiger partial charge in [0.15, 0.2) is 0 Å². The second kappa shape index (κ2) is 3.77. The molecule has 84 valence electrons. The molecule has 0 unspecified atom stereocenters. The van der Waals surface area contributed by atoms with Gasteiger partial charge in [0.1, 0.15) is 0 Å². The van der Waals surface area contributed by atoms with E-state index in [-0.39, 0.29) is 16.3 Å². The summed E-state index contributed by atoms with van der Waals surface area (Å²) in [6.45, 7) is 6.86. The summed E-state index contributed by atoms with van der Waals surface area (Å²) in [5, 5.41) is 0. The van der Waals surface area contributed by atoms with Gasteiger partial charge in [0.25, 0.3) is 0 Å². The van der Waals surface area contributed by atoms with Gasteiger partial charge in [-0.3, -0.25) is 9.59 Å². The van der Waals surface area contributed by atoms with Gasteiger partial charge >= 0.3 is 0 Å². The lowest BCUT2D eigenvalue weighted by atomic mass is 9.82. The molecule has 4 nitrogen and oxygen atoms in total. The fourth-order valence-electron chi connectivity index (χ4n) is 1.75. The van der Waals surface area contributed by atoms with E-state index < -0.39 is 0 Å². The first kappa shape index (κ1) is 11.9. The standard InChI is InChI=1S/C11H18N2O2/c1-11(2,3)7-8(10(15)9(7)14)13(4)6-5-12/h5-6,12H2,1-4H3. The summed E-state index contributed by atoms with van der Waals surface area (Å²) in [5.74, 6) is 0. The van der Waals surface area contributed by atoms with E-state index in [0.29, 0.717) is 24.3 Å². The minimum Gasteiger partial charge on any atom is -0.370 e. The number of anilines is 1. The molecule has 0 aliphatic heterocycles. The van der Waals surface area contributed by atoms with Gasteiger partial charge in [-0.25, -0.2) is 0 Å². The van der Waals surface area contributed by atoms with Gasteiger partial charge in [-0.2, -0.15) is 0 Å². The van der Waals surface area contributed by atoms with E-state index in [2.05, 4.69) is 0 Å². The van der Waals surface area contributed by atoms with Crippen LogP contribution >= 0.6 is 0 Å². The molecule has 0 spiro atoms. The number of hydrogen-bond acceptors (Lipinski definition) is 4. The summed E-state index contributed by atoms with van der Waals surface area (Å²) in [4.78, 5) is 24.7. The van der Waals surface area contributed by atoms with E-state index in [0.717, 1.165) is 0 Å². The van der Waals surface area contributed by atoms with Crippen LogP contribution in [0.4, 0.5) is 5.69 Å². The lowest BCUT2D eigenvalue weighted by molar-refractivity contribution is 0.576. The minimum atomic E-state index is -0.379. The molecule has 0 saturated carbocycles. The first-order valence-electron chi connectivity index (χ1n) is 5.05. The Balaban J connectivity index is 3.16. The van der Waals surface area contributed by atoms with Crippen LogP contribution in [-0.4, -0.2) is 20.1 Å². The van der Waals surface area contributed by atoms with E-state index in [4.69, 9.17) is 5.73 Å². The van der Waals surface area contributed by atoms with Crippen LogP contribution < -0.4 is 21.5 Å². The monoisotopic (exact) mass is 210 g/mol. The highest BCUT2D eigenvalue weighted by molar-refractivity contribution is 5.60. The number of rotatable bonds is 3. The Bertz CT molecular complexity index is 422. The van der Waals surface area contributed by atoms with Gasteiger partial charge in [-0.1, -0.05) is 20.8 Å². The van der Waals surface area contributed by atoms with E-state index in [1.165, 1.54) is 0 Å². The quantitative estimate of drug-likeness (QED) is 0.712. The first-order valence-corrected chi connectivity index (χ1v) is 5.05. The third kappa shape index (κ3) is 1.95. The fraction of sp³-hybridized carbons (Fsp3) is 0.636. The van der Waals surface area contributed by atoms with Crippen molar-refractivity contribution in [2.24, 2.45) is 5.73 Å². The number of nitrogens with zero attached hydrogens (tertiary/aromatic N) is 1. The summed E-state index contributed by atoms with van der Waals surface area (Å²) in [7, 11) is 1.79. The van der Waals surface area contributed by atoms with Crippen LogP contribution in [0.2, 0.25) is 0 Å². The molecule has 0 aliphatic carbocycles. The number of nitrogens with two attached hydrogens (primary N) is 1. The van der Waals surface area contributed by atoms with Crippen LogP contribution in [-0.2, 0) is 5.41 Å². The van der Waals surface area contributed by atoms with Crippen molar-refractivity contribution < 1.29 is 0 Å². The molecule has 2 N–H and O–H groups in total. The van der Waals surface area contributed by atoms with Crippen molar-refractivity contribution in [2.45, 2.75) is 26.2 Å². The zero-order valence-electron chi connectivity index (χ0n) is 9.76. The van der Waals surface area contributed by atoms with Crippen LogP contribution in [0, 0.1) is 0 Å². The lowest BCUT2D eigenvalue weighted by Gasteiger charge is -2.29. The molecule has 0 aromatic heterocycles. The molecule has 0 bridgehead atoms. The van der Waals surface area contributed by atoms with Crippen LogP contribution in [0.5, 0.6) is 0 Å². The van der Waals surface area contributed by atoms with Gasteiger partial charge in [0.2, 0.25) is 10.9 Å². The highest BCUT2D eigenvalue weighted by Crippen LogP contribution is 2.27. The molecule has 15 heavy (non-hydrogen) atoms. The van der Waals surface area contributed by atoms with Gasteiger partial charge in [-0.15, -0.1) is 0 Å². The molecule has 0 fully saturated rings. The fourth-order valence-corrected chi connectivity index (χ4v) is 1.75. The summed E-state index contributed by atoms with van der Waals surface area (Å²) < 4.78 is 0. The second-order valence-electron chi connectivity index (χ2n) is 4.84. The van der Waals surface area contributed by atoms with Crippen molar-refractivity contribution in [1.82, 2.24) is 0 Å². The van der Waals surface area contributed by atoms with Crippen LogP contribution in [0.15, 0.2) is 9.59 Å². The topological polar surface area (TPSA) is 63.4 Å². The highest BCUT2D eigenvalue weighted by atomic mass is 16.2. The van der Waals surface area contributed by atoms with Crippen molar-refractivity contribution in [3.63, 3.8) is 0 Å². The number of likely N-dealkylation sites (N-methyl/N-ethyl adjacent to an activating group) is 1. The van der Waals surface area contributed by atoms with Crippen molar-refractivity contribution in [2.75, 3.05) is 25.0 Å². The zero-order chi connectivity index (χ0) is 11.8. The largest absolute Gasteiger partial charge is 0.370 e. The minimum absolute atomic E-state index is 0.275. The molecule has 1 aromatic carbocycles. The van der Waals surface area contributed by atoms with Crippen LogP contribution in [0.3, 0.4) is 0 Å². The molecule has 4 heteroatoms. The molecular formula is C11H18N2O2. The van der Waals surface area contributed by atoms with Gasteiger partial charge in [0, 0.05) is 25.7 Å². The van der Waals surface area contributed by atoms with E-state index >= 15 is 0 Å². The van der Waals surface area contributed by atoms with Gasteiger partial charge in [0.05, 0.1) is 5.69 Å². The van der Waals surface area contributed by atoms with Crippen molar-refractivity contribution >= 4 is 5.69 Å². The summed E-state index contributed by atoms with van der Waals surface area (Å²) in [6.07, 6.45) is 0. The van der Waals surface area contributed by atoms with Gasteiger partial charge in [-0.05, 0) is 5.41 Å². The summed E-state index contributed by atoms with van der Waals surface area (Å²) >= 11 is 0. The van der Waals surface area contributed by atoms with Crippen molar-refractivity contribution in [3.8, 4) is 0 Å². The molecule has 0 atom stereocenters. The third-order valence-electron chi connectivity index (χ3n) is 2.48. The Kier molecular flexibility index (Phi) is 3.00. The highest BCUT2D eigenvalue weighted by Gasteiger charge is 2.31. The molecule has 0 aliphatic rings. The number of hydrogen-bond donors (Lipinski definition) is 1. The Morgan fingerprint density at radius 1 is 1.20 bits per heavy atom. The summed E-state index contributed by atoms with van der Waals surface area (Å²) in [6, 6.07) is 0. The molecule has 1 rings (SSSR count). The molecule has 0 heterocycles. The molecule has 1 aromatic rings. The Labute approximate surface area is 89.4 Å². The summed E-state index contributed by atoms with van der Waals surface area (Å²) in [5.41, 5.74) is 5.59. The Morgan fingerprint density at radius 2 is 1.73 bits per heavy atom. The SMILES string of the molecule is CN(CCN)c1c(C(C)(C)C)c(=O)c1=O. The van der Waals surface area contributed by atoms with Gasteiger partial charge < -0.3 is 10.6 Å². The third-order valence-corrected chi connectivity index (χ3v) is 2.48. The predicted molar refractivity (Wildman–Crippen MR) is 62.4 cm³/mol. The first-order chi connectivity index (χ1) is 6.80. The Morgan fingerprint density at radius 3 is 2.13 bits per heavy atom. The molecule has 0 radical (unpaired) electrons. The van der Waals surface area contributed by atoms with Crippen molar-refractivity contribution in [1.29, 1.82) is 0 Å². The zero-order valence-corrected chi connectivity index (χ0v) is 9.76. The molecular weight excluding hydrogens is 192 g/mol. The molecule has 0 amide bonds. The van der Waals surface area contributed by atoms with Crippen LogP contribution in [0.25, 0.3) is 0 Å². The molecule has 0 saturated heterocycles. The van der Waals surface area contributed by atoms with Crippen LogP contribution in [0.1, 0.15) is 26.3 Å².